The van der Waals surface area contributed by atoms with Crippen molar-refractivity contribution in [3.8, 4) is 0 Å². The average molecular weight is 359 g/mol. The van der Waals surface area contributed by atoms with Gasteiger partial charge in [-0.1, -0.05) is 11.3 Å². The second kappa shape index (κ2) is 6.44. The molecule has 0 saturated carbocycles. The molecule has 0 atom stereocenters. The number of thiazole rings is 1. The fraction of sp³-hybridized carbons (Fsp3) is 0.353. The molecule has 6 nitrogen and oxygen atoms in total. The van der Waals surface area contributed by atoms with Gasteiger partial charge in [0.25, 0.3) is 5.56 Å². The first-order valence-corrected chi connectivity index (χ1v) is 9.10. The van der Waals surface area contributed by atoms with E-state index in [-0.39, 0.29) is 11.4 Å². The number of fused-ring (bicyclic) bond motifs is 1. The lowest BCUT2D eigenvalue weighted by molar-refractivity contribution is 0.588. The Hall–Kier alpha value is -2.48. The lowest BCUT2D eigenvalue weighted by atomic mass is 10.3. The number of halogens is 1. The zero-order valence-corrected chi connectivity index (χ0v) is 14.7. The number of hydrogen-bond acceptors (Lipinski definition) is 6. The zero-order chi connectivity index (χ0) is 17.4. The number of aryl methyl sites for hydroxylation is 1. The number of nitrogens with zero attached hydrogens (tertiary/aromatic N) is 5. The van der Waals surface area contributed by atoms with Gasteiger partial charge < -0.3 is 9.80 Å². The maximum absolute atomic E-state index is 13.3. The summed E-state index contributed by atoms with van der Waals surface area (Å²) in [6, 6.07) is 8.05. The van der Waals surface area contributed by atoms with Gasteiger partial charge in [-0.2, -0.15) is 5.10 Å². The molecule has 1 aromatic carbocycles. The van der Waals surface area contributed by atoms with Crippen LogP contribution in [0.25, 0.3) is 10.2 Å². The Morgan fingerprint density at radius 3 is 2.64 bits per heavy atom. The Balaban J connectivity index is 1.49. The van der Waals surface area contributed by atoms with E-state index in [0.29, 0.717) is 6.54 Å². The third-order valence-electron chi connectivity index (χ3n) is 4.37. The summed E-state index contributed by atoms with van der Waals surface area (Å²) in [5.41, 5.74) is 0.757. The summed E-state index contributed by atoms with van der Waals surface area (Å²) in [6.07, 6.45) is 0. The molecule has 25 heavy (non-hydrogen) atoms. The highest BCUT2D eigenvalue weighted by Gasteiger charge is 2.21. The molecule has 1 aliphatic rings. The van der Waals surface area contributed by atoms with E-state index in [4.69, 9.17) is 0 Å². The van der Waals surface area contributed by atoms with Crippen LogP contribution in [-0.2, 0) is 6.54 Å². The smallest absolute Gasteiger partial charge is 0.266 e. The highest BCUT2D eigenvalue weighted by atomic mass is 32.1. The number of piperazine rings is 1. The summed E-state index contributed by atoms with van der Waals surface area (Å²) >= 11 is 1.52. The van der Waals surface area contributed by atoms with Crippen LogP contribution in [0.1, 0.15) is 6.92 Å². The maximum Gasteiger partial charge on any atom is 0.266 e. The molecule has 0 spiro atoms. The SMILES string of the molecule is CCn1nc(N2CCN(c3nc4ccc(F)cc4s3)CC2)ccc1=O. The maximum atomic E-state index is 13.3. The van der Waals surface area contributed by atoms with Crippen molar-refractivity contribution in [2.24, 2.45) is 0 Å². The van der Waals surface area contributed by atoms with Gasteiger partial charge in [0.1, 0.15) is 11.6 Å². The monoisotopic (exact) mass is 359 g/mol. The Morgan fingerprint density at radius 2 is 1.88 bits per heavy atom. The summed E-state index contributed by atoms with van der Waals surface area (Å²) < 4.78 is 15.7. The van der Waals surface area contributed by atoms with Crippen molar-refractivity contribution in [2.45, 2.75) is 13.5 Å². The van der Waals surface area contributed by atoms with E-state index in [0.717, 1.165) is 47.3 Å². The summed E-state index contributed by atoms with van der Waals surface area (Å²) in [6.45, 7) is 5.71. The van der Waals surface area contributed by atoms with E-state index in [1.54, 1.807) is 18.2 Å². The molecule has 0 aliphatic carbocycles. The molecule has 0 amide bonds. The second-order valence-corrected chi connectivity index (χ2v) is 6.94. The number of rotatable bonds is 3. The third kappa shape index (κ3) is 3.09. The van der Waals surface area contributed by atoms with Gasteiger partial charge >= 0.3 is 0 Å². The van der Waals surface area contributed by atoms with Crippen LogP contribution < -0.4 is 15.4 Å². The van der Waals surface area contributed by atoms with E-state index in [1.807, 2.05) is 6.92 Å². The molecule has 0 unspecified atom stereocenters. The Morgan fingerprint density at radius 1 is 1.12 bits per heavy atom. The summed E-state index contributed by atoms with van der Waals surface area (Å²) in [7, 11) is 0. The van der Waals surface area contributed by atoms with Crippen LogP contribution in [0.5, 0.6) is 0 Å². The first-order valence-electron chi connectivity index (χ1n) is 8.28. The normalized spacial score (nSPS) is 15.1. The first kappa shape index (κ1) is 16.0. The van der Waals surface area contributed by atoms with Crippen LogP contribution in [0.15, 0.2) is 35.1 Å². The molecule has 130 valence electrons. The lowest BCUT2D eigenvalue weighted by Crippen LogP contribution is -2.47. The van der Waals surface area contributed by atoms with Crippen LogP contribution in [-0.4, -0.2) is 40.9 Å². The van der Waals surface area contributed by atoms with Crippen molar-refractivity contribution < 1.29 is 4.39 Å². The fourth-order valence-electron chi connectivity index (χ4n) is 2.98. The van der Waals surface area contributed by atoms with Gasteiger partial charge in [-0.05, 0) is 31.2 Å². The van der Waals surface area contributed by atoms with Crippen molar-refractivity contribution in [1.29, 1.82) is 0 Å². The van der Waals surface area contributed by atoms with Gasteiger partial charge in [0.05, 0.1) is 10.2 Å². The van der Waals surface area contributed by atoms with Crippen molar-refractivity contribution in [3.05, 3.63) is 46.5 Å². The molecule has 1 saturated heterocycles. The Kier molecular flexibility index (Phi) is 4.12. The van der Waals surface area contributed by atoms with Crippen LogP contribution in [0.2, 0.25) is 0 Å². The molecule has 3 aromatic rings. The van der Waals surface area contributed by atoms with Crippen LogP contribution in [0.3, 0.4) is 0 Å². The molecule has 2 aromatic heterocycles. The topological polar surface area (TPSA) is 54.3 Å². The van der Waals surface area contributed by atoms with Crippen LogP contribution in [0.4, 0.5) is 15.3 Å². The van der Waals surface area contributed by atoms with Crippen molar-refractivity contribution >= 4 is 32.5 Å². The van der Waals surface area contributed by atoms with Gasteiger partial charge in [-0.15, -0.1) is 0 Å². The van der Waals surface area contributed by atoms with E-state index in [9.17, 15) is 9.18 Å². The van der Waals surface area contributed by atoms with Gasteiger partial charge in [-0.3, -0.25) is 4.79 Å². The van der Waals surface area contributed by atoms with E-state index < -0.39 is 0 Å². The highest BCUT2D eigenvalue weighted by Crippen LogP contribution is 2.30. The van der Waals surface area contributed by atoms with E-state index in [2.05, 4.69) is 19.9 Å². The number of hydrogen-bond donors (Lipinski definition) is 0. The largest absolute Gasteiger partial charge is 0.352 e. The fourth-order valence-corrected chi connectivity index (χ4v) is 4.02. The molecule has 8 heteroatoms. The quantitative estimate of drug-likeness (QED) is 0.718. The van der Waals surface area contributed by atoms with Gasteiger partial charge in [0.2, 0.25) is 0 Å². The van der Waals surface area contributed by atoms with Crippen molar-refractivity contribution in [2.75, 3.05) is 36.0 Å². The van der Waals surface area contributed by atoms with Gasteiger partial charge in [0, 0.05) is 38.8 Å². The minimum absolute atomic E-state index is 0.0772. The molecule has 4 rings (SSSR count). The first-order chi connectivity index (χ1) is 12.1. The lowest BCUT2D eigenvalue weighted by Gasteiger charge is -2.35. The predicted octanol–water partition coefficient (Wildman–Crippen LogP) is 2.34. The van der Waals surface area contributed by atoms with Crippen LogP contribution >= 0.6 is 11.3 Å². The minimum Gasteiger partial charge on any atom is -0.352 e. The summed E-state index contributed by atoms with van der Waals surface area (Å²) in [4.78, 5) is 20.7. The van der Waals surface area contributed by atoms with E-state index >= 15 is 0 Å². The molecule has 3 heterocycles. The number of aromatic nitrogens is 3. The molecular formula is C17H18FN5OS. The third-order valence-corrected chi connectivity index (χ3v) is 5.44. The van der Waals surface area contributed by atoms with Gasteiger partial charge in [-0.25, -0.2) is 14.1 Å². The van der Waals surface area contributed by atoms with Gasteiger partial charge in [0.15, 0.2) is 5.13 Å². The molecule has 0 bridgehead atoms. The predicted molar refractivity (Wildman–Crippen MR) is 98.2 cm³/mol. The van der Waals surface area contributed by atoms with E-state index in [1.165, 1.54) is 28.2 Å². The molecular weight excluding hydrogens is 341 g/mol. The standard InChI is InChI=1S/C17H18FN5OS/c1-2-23-16(24)6-5-15(20-23)21-7-9-22(10-8-21)17-19-13-4-3-12(18)11-14(13)25-17/h3-6,11H,2,7-10H2,1H3. The van der Waals surface area contributed by atoms with Crippen molar-refractivity contribution in [3.63, 3.8) is 0 Å². The Labute approximate surface area is 148 Å². The Bertz CT molecular complexity index is 961. The second-order valence-electron chi connectivity index (χ2n) is 5.93. The number of anilines is 2. The molecule has 0 radical (unpaired) electrons. The zero-order valence-electron chi connectivity index (χ0n) is 13.9. The highest BCUT2D eigenvalue weighted by molar-refractivity contribution is 7.22. The summed E-state index contributed by atoms with van der Waals surface area (Å²) in [5, 5.41) is 5.34. The molecule has 1 aliphatic heterocycles. The number of benzene rings is 1. The summed E-state index contributed by atoms with van der Waals surface area (Å²) in [5.74, 6) is 0.595. The average Bonchev–Trinajstić information content (AvgIpc) is 3.05. The van der Waals surface area contributed by atoms with Crippen molar-refractivity contribution in [1.82, 2.24) is 14.8 Å². The molecule has 0 N–H and O–H groups in total. The minimum atomic E-state index is -0.232. The molecule has 1 fully saturated rings. The van der Waals surface area contributed by atoms with Crippen LogP contribution in [0, 0.1) is 5.82 Å².